The Labute approximate surface area is 181 Å². The Morgan fingerprint density at radius 1 is 1.10 bits per heavy atom. The number of sulfone groups is 1. The van der Waals surface area contributed by atoms with Crippen LogP contribution in [0.15, 0.2) is 29.2 Å². The molecule has 0 atom stereocenters. The highest BCUT2D eigenvalue weighted by atomic mass is 32.2. The highest BCUT2D eigenvalue weighted by molar-refractivity contribution is 7.90. The summed E-state index contributed by atoms with van der Waals surface area (Å²) in [7, 11) is -3.23. The zero-order valence-electron chi connectivity index (χ0n) is 17.7. The molecule has 1 aromatic carbocycles. The minimum atomic E-state index is -4.81. The van der Waals surface area contributed by atoms with Crippen molar-refractivity contribution in [3.63, 3.8) is 0 Å². The Hall–Kier alpha value is -1.81. The van der Waals surface area contributed by atoms with E-state index in [1.807, 2.05) is 6.07 Å². The van der Waals surface area contributed by atoms with Gasteiger partial charge in [0.15, 0.2) is 9.84 Å². The first-order chi connectivity index (χ1) is 14.5. The van der Waals surface area contributed by atoms with Gasteiger partial charge in [-0.25, -0.2) is 8.42 Å². The van der Waals surface area contributed by atoms with Crippen molar-refractivity contribution in [2.24, 2.45) is 5.92 Å². The molecule has 2 fully saturated rings. The summed E-state index contributed by atoms with van der Waals surface area (Å²) in [5, 5.41) is 2.10. The third-order valence-corrected chi connectivity index (χ3v) is 7.39. The minimum absolute atomic E-state index is 0.328. The van der Waals surface area contributed by atoms with Crippen LogP contribution in [0.5, 0.6) is 0 Å². The fourth-order valence-electron chi connectivity index (χ4n) is 4.37. The zero-order chi connectivity index (χ0) is 22.6. The Bertz CT molecular complexity index is 860. The van der Waals surface area contributed by atoms with Gasteiger partial charge in [-0.05, 0) is 62.8 Å². The summed E-state index contributed by atoms with van der Waals surface area (Å²) in [4.78, 5) is 16.0. The van der Waals surface area contributed by atoms with Crippen LogP contribution in [0.25, 0.3) is 0 Å². The number of rotatable bonds is 6. The molecule has 1 aliphatic carbocycles. The molecular weight excluding hydrogens is 431 g/mol. The van der Waals surface area contributed by atoms with Crippen LogP contribution in [0.3, 0.4) is 0 Å². The SMILES string of the molecule is CS(=O)(=O)c1cccc(N2CCN(CCC3CCC(NC(=O)C(F)(F)F)CC3)CC2)c1. The van der Waals surface area contributed by atoms with Gasteiger partial charge in [-0.3, -0.25) is 9.69 Å². The highest BCUT2D eigenvalue weighted by Crippen LogP contribution is 2.28. The van der Waals surface area contributed by atoms with Gasteiger partial charge in [0, 0.05) is 44.2 Å². The molecule has 10 heteroatoms. The maximum absolute atomic E-state index is 12.4. The number of carbonyl (C=O) groups is 1. The Morgan fingerprint density at radius 2 is 1.74 bits per heavy atom. The highest BCUT2D eigenvalue weighted by Gasteiger charge is 2.40. The number of benzene rings is 1. The maximum Gasteiger partial charge on any atom is 0.471 e. The van der Waals surface area contributed by atoms with E-state index in [1.54, 1.807) is 18.2 Å². The summed E-state index contributed by atoms with van der Waals surface area (Å²) in [5.74, 6) is -1.36. The maximum atomic E-state index is 12.4. The molecule has 0 aromatic heterocycles. The molecule has 0 unspecified atom stereocenters. The van der Waals surface area contributed by atoms with Crippen LogP contribution in [0.4, 0.5) is 18.9 Å². The van der Waals surface area contributed by atoms with Crippen molar-refractivity contribution in [1.82, 2.24) is 10.2 Å². The number of anilines is 1. The van der Waals surface area contributed by atoms with Crippen molar-refractivity contribution in [3.05, 3.63) is 24.3 Å². The summed E-state index contributed by atoms with van der Waals surface area (Å²) in [6, 6.07) is 6.65. The van der Waals surface area contributed by atoms with Crippen LogP contribution in [-0.4, -0.2) is 70.4 Å². The molecule has 0 radical (unpaired) electrons. The van der Waals surface area contributed by atoms with Gasteiger partial charge in [0.05, 0.1) is 4.90 Å². The monoisotopic (exact) mass is 461 g/mol. The lowest BCUT2D eigenvalue weighted by molar-refractivity contribution is -0.174. The Balaban J connectivity index is 1.38. The van der Waals surface area contributed by atoms with Gasteiger partial charge in [-0.1, -0.05) is 6.07 Å². The Morgan fingerprint density at radius 3 is 2.32 bits per heavy atom. The predicted octanol–water partition coefficient (Wildman–Crippen LogP) is 2.84. The minimum Gasteiger partial charge on any atom is -0.369 e. The molecule has 1 heterocycles. The van der Waals surface area contributed by atoms with Crippen LogP contribution in [-0.2, 0) is 14.6 Å². The van der Waals surface area contributed by atoms with Crippen LogP contribution < -0.4 is 10.2 Å². The first-order valence-corrected chi connectivity index (χ1v) is 12.6. The van der Waals surface area contributed by atoms with Crippen molar-refractivity contribution in [2.75, 3.05) is 43.9 Å². The van der Waals surface area contributed by atoms with Crippen molar-refractivity contribution >= 4 is 21.4 Å². The fraction of sp³-hybridized carbons (Fsp3) is 0.667. The first kappa shape index (κ1) is 23.8. The lowest BCUT2D eigenvalue weighted by Crippen LogP contribution is -2.47. The molecule has 6 nitrogen and oxygen atoms in total. The fourth-order valence-corrected chi connectivity index (χ4v) is 5.03. The molecule has 31 heavy (non-hydrogen) atoms. The van der Waals surface area contributed by atoms with E-state index in [1.165, 1.54) is 6.26 Å². The van der Waals surface area contributed by atoms with Crippen molar-refractivity contribution in [1.29, 1.82) is 0 Å². The van der Waals surface area contributed by atoms with E-state index in [4.69, 9.17) is 0 Å². The number of hydrogen-bond donors (Lipinski definition) is 1. The normalized spacial score (nSPS) is 23.5. The molecule has 3 rings (SSSR count). The molecule has 1 N–H and O–H groups in total. The topological polar surface area (TPSA) is 69.7 Å². The molecular formula is C21H30F3N3O3S. The quantitative estimate of drug-likeness (QED) is 0.706. The second kappa shape index (κ2) is 9.77. The summed E-state index contributed by atoms with van der Waals surface area (Å²) in [5.41, 5.74) is 0.918. The van der Waals surface area contributed by atoms with Crippen LogP contribution >= 0.6 is 0 Å². The number of nitrogens with zero attached hydrogens (tertiary/aromatic N) is 2. The van der Waals surface area contributed by atoms with E-state index in [-0.39, 0.29) is 6.04 Å². The average Bonchev–Trinajstić information content (AvgIpc) is 2.72. The third kappa shape index (κ3) is 6.83. The second-order valence-electron chi connectivity index (χ2n) is 8.58. The number of carbonyl (C=O) groups excluding carboxylic acids is 1. The van der Waals surface area contributed by atoms with Crippen molar-refractivity contribution in [2.45, 2.75) is 49.2 Å². The lowest BCUT2D eigenvalue weighted by Gasteiger charge is -2.37. The second-order valence-corrected chi connectivity index (χ2v) is 10.6. The van der Waals surface area contributed by atoms with Crippen LogP contribution in [0.1, 0.15) is 32.1 Å². The number of amides is 1. The molecule has 1 aromatic rings. The third-order valence-electron chi connectivity index (χ3n) is 6.28. The molecule has 1 saturated carbocycles. The van der Waals surface area contributed by atoms with Crippen LogP contribution in [0.2, 0.25) is 0 Å². The largest absolute Gasteiger partial charge is 0.471 e. The number of alkyl halides is 3. The van der Waals surface area contributed by atoms with Gasteiger partial charge < -0.3 is 10.2 Å². The zero-order valence-corrected chi connectivity index (χ0v) is 18.5. The van der Waals surface area contributed by atoms with E-state index in [0.717, 1.165) is 57.7 Å². The molecule has 1 aliphatic heterocycles. The van der Waals surface area contributed by atoms with Gasteiger partial charge in [0.2, 0.25) is 0 Å². The van der Waals surface area contributed by atoms with Crippen molar-refractivity contribution < 1.29 is 26.4 Å². The van der Waals surface area contributed by atoms with Gasteiger partial charge in [0.25, 0.3) is 0 Å². The Kier molecular flexibility index (Phi) is 7.51. The van der Waals surface area contributed by atoms with E-state index >= 15 is 0 Å². The van der Waals surface area contributed by atoms with Crippen LogP contribution in [0, 0.1) is 5.92 Å². The lowest BCUT2D eigenvalue weighted by atomic mass is 9.84. The molecule has 0 spiro atoms. The summed E-state index contributed by atoms with van der Waals surface area (Å²) in [6.45, 7) is 4.37. The summed E-state index contributed by atoms with van der Waals surface area (Å²) in [6.07, 6.45) is 0.256. The summed E-state index contributed by atoms with van der Waals surface area (Å²) < 4.78 is 60.7. The standard InChI is InChI=1S/C21H30F3N3O3S/c1-31(29,30)19-4-2-3-18(15-19)27-13-11-26(12-14-27)10-9-16-5-7-17(8-6-16)25-20(28)21(22,23)24/h2-4,15-17H,5-14H2,1H3,(H,25,28). The van der Waals surface area contributed by atoms with E-state index in [2.05, 4.69) is 15.1 Å². The molecule has 1 amide bonds. The molecule has 2 aliphatic rings. The predicted molar refractivity (Wildman–Crippen MR) is 113 cm³/mol. The smallest absolute Gasteiger partial charge is 0.369 e. The van der Waals surface area contributed by atoms with Gasteiger partial charge >= 0.3 is 12.1 Å². The molecule has 1 saturated heterocycles. The van der Waals surface area contributed by atoms with E-state index < -0.39 is 21.9 Å². The number of halogens is 3. The van der Waals surface area contributed by atoms with Gasteiger partial charge in [0.1, 0.15) is 0 Å². The summed E-state index contributed by atoms with van der Waals surface area (Å²) >= 11 is 0. The van der Waals surface area contributed by atoms with Gasteiger partial charge in [-0.2, -0.15) is 13.2 Å². The van der Waals surface area contributed by atoms with Gasteiger partial charge in [-0.15, -0.1) is 0 Å². The number of nitrogens with one attached hydrogen (secondary N) is 1. The molecule has 174 valence electrons. The van der Waals surface area contributed by atoms with E-state index in [9.17, 15) is 26.4 Å². The first-order valence-electron chi connectivity index (χ1n) is 10.7. The molecule has 0 bridgehead atoms. The number of piperazine rings is 1. The van der Waals surface area contributed by atoms with Crippen molar-refractivity contribution in [3.8, 4) is 0 Å². The number of hydrogen-bond acceptors (Lipinski definition) is 5. The van der Waals surface area contributed by atoms with E-state index in [0.29, 0.717) is 23.7 Å². The average molecular weight is 462 g/mol.